The molecule has 6 nitrogen and oxygen atoms in total. The predicted octanol–water partition coefficient (Wildman–Crippen LogP) is 1.43. The van der Waals surface area contributed by atoms with Crippen molar-refractivity contribution in [3.05, 3.63) is 48.0 Å². The molecule has 3 N–H and O–H groups in total. The van der Waals surface area contributed by atoms with Gasteiger partial charge in [-0.1, -0.05) is 18.2 Å². The van der Waals surface area contributed by atoms with E-state index in [9.17, 15) is 9.90 Å². The molecule has 2 rings (SSSR count). The van der Waals surface area contributed by atoms with E-state index in [0.29, 0.717) is 13.0 Å². The van der Waals surface area contributed by atoms with Crippen molar-refractivity contribution in [3.63, 3.8) is 0 Å². The summed E-state index contributed by atoms with van der Waals surface area (Å²) in [6.07, 6.45) is 5.10. The van der Waals surface area contributed by atoms with Gasteiger partial charge in [-0.25, -0.2) is 4.98 Å². The Bertz CT molecular complexity index is 652. The zero-order valence-electron chi connectivity index (χ0n) is 13.6. The van der Waals surface area contributed by atoms with Gasteiger partial charge in [-0.3, -0.25) is 4.79 Å². The summed E-state index contributed by atoms with van der Waals surface area (Å²) in [6, 6.07) is 8.29. The van der Waals surface area contributed by atoms with E-state index in [-0.39, 0.29) is 5.69 Å². The van der Waals surface area contributed by atoms with Crippen LogP contribution in [0.2, 0.25) is 0 Å². The van der Waals surface area contributed by atoms with Gasteiger partial charge in [0.15, 0.2) is 0 Å². The minimum absolute atomic E-state index is 0.220. The van der Waals surface area contributed by atoms with E-state index in [1.54, 1.807) is 10.8 Å². The number of hydrogen-bond donors (Lipinski definition) is 2. The van der Waals surface area contributed by atoms with Gasteiger partial charge >= 0.3 is 0 Å². The summed E-state index contributed by atoms with van der Waals surface area (Å²) in [6.45, 7) is 0.412. The Labute approximate surface area is 136 Å². The van der Waals surface area contributed by atoms with Crippen molar-refractivity contribution in [1.29, 1.82) is 0 Å². The summed E-state index contributed by atoms with van der Waals surface area (Å²) in [5.74, 6) is -0.557. The van der Waals surface area contributed by atoms with E-state index in [4.69, 9.17) is 5.73 Å². The Morgan fingerprint density at radius 3 is 2.78 bits per heavy atom. The number of carbonyl (C=O) groups excluding carboxylic acids is 1. The monoisotopic (exact) mass is 316 g/mol. The summed E-state index contributed by atoms with van der Waals surface area (Å²) >= 11 is 0. The van der Waals surface area contributed by atoms with Crippen LogP contribution < -0.4 is 10.6 Å². The highest BCUT2D eigenvalue weighted by molar-refractivity contribution is 5.90. The molecule has 0 aliphatic carbocycles. The lowest BCUT2D eigenvalue weighted by Crippen LogP contribution is -2.16. The minimum atomic E-state index is -0.557. The van der Waals surface area contributed by atoms with Crippen LogP contribution in [0.25, 0.3) is 0 Å². The van der Waals surface area contributed by atoms with Crippen molar-refractivity contribution in [2.45, 2.75) is 31.9 Å². The van der Waals surface area contributed by atoms with Gasteiger partial charge in [-0.2, -0.15) is 0 Å². The normalized spacial score (nSPS) is 12.1. The smallest absolute Gasteiger partial charge is 0.268 e. The number of aromatic nitrogens is 2. The van der Waals surface area contributed by atoms with E-state index in [2.05, 4.69) is 22.0 Å². The van der Waals surface area contributed by atoms with E-state index < -0.39 is 12.0 Å². The molecule has 0 aliphatic rings. The lowest BCUT2D eigenvalue weighted by molar-refractivity contribution is 0.0995. The first-order chi connectivity index (χ1) is 11.0. The standard InChI is InChI=1S/C17H24N4O2/c1-20(2)16-9-4-3-6-13(16)7-5-8-14(22)10-21-11-15(17(18)23)19-12-21/h3-4,6,9,11-12,14,22H,5,7-8,10H2,1-2H3,(H2,18,23). The maximum absolute atomic E-state index is 11.0. The highest BCUT2D eigenvalue weighted by atomic mass is 16.3. The first-order valence-electron chi connectivity index (χ1n) is 7.72. The zero-order chi connectivity index (χ0) is 16.8. The molecule has 0 radical (unpaired) electrons. The second kappa shape index (κ2) is 7.78. The van der Waals surface area contributed by atoms with E-state index in [1.807, 2.05) is 26.2 Å². The molecule has 1 heterocycles. The molecule has 1 atom stereocenters. The molecular weight excluding hydrogens is 292 g/mol. The fourth-order valence-corrected chi connectivity index (χ4v) is 2.61. The molecule has 0 fully saturated rings. The largest absolute Gasteiger partial charge is 0.391 e. The second-order valence-corrected chi connectivity index (χ2v) is 5.89. The number of nitrogens with two attached hydrogens (primary N) is 1. The van der Waals surface area contributed by atoms with Crippen molar-refractivity contribution >= 4 is 11.6 Å². The van der Waals surface area contributed by atoms with E-state index >= 15 is 0 Å². The number of aliphatic hydroxyl groups is 1. The average Bonchev–Trinajstić information content (AvgIpc) is 2.96. The molecule has 0 aliphatic heterocycles. The maximum atomic E-state index is 11.0. The molecule has 124 valence electrons. The van der Waals surface area contributed by atoms with Crippen molar-refractivity contribution in [2.75, 3.05) is 19.0 Å². The van der Waals surface area contributed by atoms with Gasteiger partial charge in [0.1, 0.15) is 5.69 Å². The van der Waals surface area contributed by atoms with Gasteiger partial charge in [-0.05, 0) is 30.9 Å². The SMILES string of the molecule is CN(C)c1ccccc1CCCC(O)Cn1cnc(C(N)=O)c1. The number of rotatable bonds is 8. The lowest BCUT2D eigenvalue weighted by atomic mass is 10.0. The van der Waals surface area contributed by atoms with Crippen LogP contribution >= 0.6 is 0 Å². The van der Waals surface area contributed by atoms with Crippen LogP contribution in [0.15, 0.2) is 36.8 Å². The number of primary amides is 1. The second-order valence-electron chi connectivity index (χ2n) is 5.89. The lowest BCUT2D eigenvalue weighted by Gasteiger charge is -2.18. The summed E-state index contributed by atoms with van der Waals surface area (Å²) in [4.78, 5) is 17.0. The Kier molecular flexibility index (Phi) is 5.76. The molecule has 1 aromatic carbocycles. The van der Waals surface area contributed by atoms with E-state index in [0.717, 1.165) is 12.8 Å². The third kappa shape index (κ3) is 4.82. The molecule has 2 aromatic rings. The Morgan fingerprint density at radius 2 is 2.13 bits per heavy atom. The minimum Gasteiger partial charge on any atom is -0.391 e. The van der Waals surface area contributed by atoms with Crippen molar-refractivity contribution in [1.82, 2.24) is 9.55 Å². The number of carbonyl (C=O) groups is 1. The number of imidazole rings is 1. The molecule has 6 heteroatoms. The molecular formula is C17H24N4O2. The van der Waals surface area contributed by atoms with Crippen LogP contribution in [0.5, 0.6) is 0 Å². The summed E-state index contributed by atoms with van der Waals surface area (Å²) < 4.78 is 1.69. The first-order valence-corrected chi connectivity index (χ1v) is 7.72. The van der Waals surface area contributed by atoms with Gasteiger partial charge in [0, 0.05) is 32.5 Å². The van der Waals surface area contributed by atoms with Gasteiger partial charge < -0.3 is 20.3 Å². The van der Waals surface area contributed by atoms with Crippen LogP contribution in [0.1, 0.15) is 28.9 Å². The number of para-hydroxylation sites is 1. The molecule has 1 aromatic heterocycles. The molecule has 0 saturated carbocycles. The fourth-order valence-electron chi connectivity index (χ4n) is 2.61. The van der Waals surface area contributed by atoms with Crippen LogP contribution in [0.4, 0.5) is 5.69 Å². The number of nitrogens with zero attached hydrogens (tertiary/aromatic N) is 3. The Balaban J connectivity index is 1.83. The summed E-state index contributed by atoms with van der Waals surface area (Å²) in [5.41, 5.74) is 7.87. The maximum Gasteiger partial charge on any atom is 0.268 e. The van der Waals surface area contributed by atoms with Crippen LogP contribution in [-0.2, 0) is 13.0 Å². The third-order valence-electron chi connectivity index (χ3n) is 3.76. The van der Waals surface area contributed by atoms with Crippen molar-refractivity contribution in [2.24, 2.45) is 5.73 Å². The predicted molar refractivity (Wildman–Crippen MR) is 90.5 cm³/mol. The van der Waals surface area contributed by atoms with E-state index in [1.165, 1.54) is 17.6 Å². The zero-order valence-corrected chi connectivity index (χ0v) is 13.6. The quantitative estimate of drug-likeness (QED) is 0.771. The summed E-state index contributed by atoms with van der Waals surface area (Å²) in [5, 5.41) is 10.1. The first kappa shape index (κ1) is 17.0. The topological polar surface area (TPSA) is 84.4 Å². The van der Waals surface area contributed by atoms with Gasteiger partial charge in [0.05, 0.1) is 12.4 Å². The number of amides is 1. The van der Waals surface area contributed by atoms with Crippen molar-refractivity contribution in [3.8, 4) is 0 Å². The number of anilines is 1. The molecule has 0 spiro atoms. The highest BCUT2D eigenvalue weighted by Crippen LogP contribution is 2.20. The summed E-state index contributed by atoms with van der Waals surface area (Å²) in [7, 11) is 4.06. The average molecular weight is 316 g/mol. The van der Waals surface area contributed by atoms with Crippen LogP contribution in [0, 0.1) is 0 Å². The highest BCUT2D eigenvalue weighted by Gasteiger charge is 2.10. The molecule has 1 unspecified atom stereocenters. The van der Waals surface area contributed by atoms with Crippen LogP contribution in [0.3, 0.4) is 0 Å². The molecule has 1 amide bonds. The third-order valence-corrected chi connectivity index (χ3v) is 3.76. The number of aryl methyl sites for hydroxylation is 1. The van der Waals surface area contributed by atoms with Gasteiger partial charge in [-0.15, -0.1) is 0 Å². The Hall–Kier alpha value is -2.34. The molecule has 0 bridgehead atoms. The number of aliphatic hydroxyl groups excluding tert-OH is 1. The number of benzene rings is 1. The molecule has 23 heavy (non-hydrogen) atoms. The fraction of sp³-hybridized carbons (Fsp3) is 0.412. The molecule has 0 saturated heterocycles. The number of hydrogen-bond acceptors (Lipinski definition) is 4. The Morgan fingerprint density at radius 1 is 1.39 bits per heavy atom. The van der Waals surface area contributed by atoms with Crippen LogP contribution in [-0.4, -0.2) is 40.8 Å². The van der Waals surface area contributed by atoms with Gasteiger partial charge in [0.25, 0.3) is 5.91 Å². The van der Waals surface area contributed by atoms with Gasteiger partial charge in [0.2, 0.25) is 0 Å². The van der Waals surface area contributed by atoms with Crippen molar-refractivity contribution < 1.29 is 9.90 Å².